The van der Waals surface area contributed by atoms with Gasteiger partial charge in [-0.2, -0.15) is 13.2 Å². The van der Waals surface area contributed by atoms with Crippen molar-refractivity contribution in [3.8, 4) is 0 Å². The fraction of sp³-hybridized carbons (Fsp3) is 0.647. The van der Waals surface area contributed by atoms with Crippen molar-refractivity contribution in [1.29, 1.82) is 0 Å². The van der Waals surface area contributed by atoms with Crippen molar-refractivity contribution in [2.24, 2.45) is 5.92 Å². The van der Waals surface area contributed by atoms with Gasteiger partial charge in [0.05, 0.1) is 10.8 Å². The smallest absolute Gasteiger partial charge is 0.385 e. The minimum Gasteiger partial charge on any atom is -0.385 e. The Labute approximate surface area is 147 Å². The van der Waals surface area contributed by atoms with Gasteiger partial charge in [0.1, 0.15) is 0 Å². The van der Waals surface area contributed by atoms with Gasteiger partial charge in [0.25, 0.3) is 0 Å². The molecule has 1 fully saturated rings. The number of anilines is 1. The highest BCUT2D eigenvalue weighted by Crippen LogP contribution is 2.31. The fourth-order valence-electron chi connectivity index (χ4n) is 2.92. The monoisotopic (exact) mass is 378 g/mol. The summed E-state index contributed by atoms with van der Waals surface area (Å²) in [5, 5.41) is 2.62. The lowest BCUT2D eigenvalue weighted by Crippen LogP contribution is -2.41. The van der Waals surface area contributed by atoms with Gasteiger partial charge in [-0.15, -0.1) is 0 Å². The number of rotatable bonds is 6. The Morgan fingerprint density at radius 1 is 1.16 bits per heavy atom. The second-order valence-electron chi connectivity index (χ2n) is 6.89. The van der Waals surface area contributed by atoms with Crippen LogP contribution in [0.4, 0.5) is 18.9 Å². The normalized spacial score (nSPS) is 22.2. The molecule has 0 saturated heterocycles. The van der Waals surface area contributed by atoms with Crippen molar-refractivity contribution in [2.45, 2.75) is 57.0 Å². The third-order valence-corrected chi connectivity index (χ3v) is 6.49. The number of benzene rings is 1. The SMILES string of the molecule is CC(C)S(=O)(=O)N[C@H]1CC[C@H](CNc2cccc(C(F)(F)F)c2)CC1. The maximum absolute atomic E-state index is 12.7. The van der Waals surface area contributed by atoms with Crippen molar-refractivity contribution in [1.82, 2.24) is 4.72 Å². The molecule has 0 atom stereocenters. The number of alkyl halides is 3. The minimum atomic E-state index is -4.34. The molecule has 0 aromatic heterocycles. The van der Waals surface area contributed by atoms with Crippen LogP contribution in [-0.2, 0) is 16.2 Å². The highest BCUT2D eigenvalue weighted by atomic mass is 32.2. The molecule has 1 aliphatic rings. The molecule has 1 saturated carbocycles. The zero-order valence-corrected chi connectivity index (χ0v) is 15.3. The molecule has 0 amide bonds. The summed E-state index contributed by atoms with van der Waals surface area (Å²) in [6, 6.07) is 5.14. The minimum absolute atomic E-state index is 0.0443. The number of sulfonamides is 1. The lowest BCUT2D eigenvalue weighted by Gasteiger charge is -2.29. The van der Waals surface area contributed by atoms with Crippen LogP contribution in [0, 0.1) is 5.92 Å². The molecule has 0 heterocycles. The van der Waals surface area contributed by atoms with Crippen LogP contribution in [0.3, 0.4) is 0 Å². The van der Waals surface area contributed by atoms with Crippen LogP contribution in [0.5, 0.6) is 0 Å². The van der Waals surface area contributed by atoms with Gasteiger partial charge >= 0.3 is 6.18 Å². The highest BCUT2D eigenvalue weighted by molar-refractivity contribution is 7.90. The summed E-state index contributed by atoms with van der Waals surface area (Å²) < 4.78 is 64.7. The van der Waals surface area contributed by atoms with E-state index in [1.165, 1.54) is 6.07 Å². The van der Waals surface area contributed by atoms with Gasteiger partial charge < -0.3 is 5.32 Å². The average molecular weight is 378 g/mol. The van der Waals surface area contributed by atoms with Gasteiger partial charge in [0, 0.05) is 18.3 Å². The summed E-state index contributed by atoms with van der Waals surface area (Å²) in [4.78, 5) is 0. The first-order chi connectivity index (χ1) is 11.6. The van der Waals surface area contributed by atoms with Gasteiger partial charge in [0.2, 0.25) is 10.0 Å². The van der Waals surface area contributed by atoms with E-state index < -0.39 is 27.0 Å². The van der Waals surface area contributed by atoms with E-state index in [4.69, 9.17) is 0 Å². The molecule has 0 unspecified atom stereocenters. The van der Waals surface area contributed by atoms with Crippen LogP contribution >= 0.6 is 0 Å². The number of hydrogen-bond donors (Lipinski definition) is 2. The Bertz CT molecular complexity index is 667. The van der Waals surface area contributed by atoms with Crippen molar-refractivity contribution in [2.75, 3.05) is 11.9 Å². The third kappa shape index (κ3) is 5.88. The van der Waals surface area contributed by atoms with Crippen molar-refractivity contribution in [3.05, 3.63) is 29.8 Å². The Kier molecular flexibility index (Phi) is 6.37. The standard InChI is InChI=1S/C17H25F3N2O2S/c1-12(2)25(23,24)22-15-8-6-13(7-9-15)11-21-16-5-3-4-14(10-16)17(18,19)20/h3-5,10,12-13,15,21-22H,6-9,11H2,1-2H3/t13-,15-. The van der Waals surface area contributed by atoms with E-state index in [1.807, 2.05) is 0 Å². The van der Waals surface area contributed by atoms with E-state index in [9.17, 15) is 21.6 Å². The van der Waals surface area contributed by atoms with E-state index >= 15 is 0 Å². The highest BCUT2D eigenvalue weighted by Gasteiger charge is 2.30. The van der Waals surface area contributed by atoms with E-state index in [-0.39, 0.29) is 6.04 Å². The Hall–Kier alpha value is -1.28. The van der Waals surface area contributed by atoms with Gasteiger partial charge in [-0.05, 0) is 63.6 Å². The average Bonchev–Trinajstić information content (AvgIpc) is 2.53. The zero-order valence-electron chi connectivity index (χ0n) is 14.4. The van der Waals surface area contributed by atoms with Crippen LogP contribution in [0.1, 0.15) is 45.1 Å². The number of nitrogens with one attached hydrogen (secondary N) is 2. The van der Waals surface area contributed by atoms with Crippen LogP contribution in [0.25, 0.3) is 0 Å². The second kappa shape index (κ2) is 7.95. The summed E-state index contributed by atoms with van der Waals surface area (Å²) in [6.07, 6.45) is -1.15. The molecule has 4 nitrogen and oxygen atoms in total. The van der Waals surface area contributed by atoms with Crippen molar-refractivity contribution >= 4 is 15.7 Å². The Morgan fingerprint density at radius 2 is 1.80 bits per heavy atom. The molecular weight excluding hydrogens is 353 g/mol. The van der Waals surface area contributed by atoms with Crippen molar-refractivity contribution in [3.63, 3.8) is 0 Å². The molecule has 1 aromatic carbocycles. The fourth-order valence-corrected chi connectivity index (χ4v) is 3.89. The number of halogens is 3. The maximum atomic E-state index is 12.7. The molecule has 0 spiro atoms. The topological polar surface area (TPSA) is 58.2 Å². The Morgan fingerprint density at radius 3 is 2.36 bits per heavy atom. The predicted octanol–water partition coefficient (Wildman–Crippen LogP) is 4.00. The van der Waals surface area contributed by atoms with Crippen LogP contribution < -0.4 is 10.0 Å². The molecular formula is C17H25F3N2O2S. The summed E-state index contributed by atoms with van der Waals surface area (Å²) >= 11 is 0. The van der Waals surface area contributed by atoms with Gasteiger partial charge in [-0.3, -0.25) is 0 Å². The van der Waals surface area contributed by atoms with Gasteiger partial charge in [0.15, 0.2) is 0 Å². The van der Waals surface area contributed by atoms with E-state index in [0.717, 1.165) is 37.8 Å². The molecule has 25 heavy (non-hydrogen) atoms. The van der Waals surface area contributed by atoms with Crippen molar-refractivity contribution < 1.29 is 21.6 Å². The third-order valence-electron chi connectivity index (χ3n) is 4.58. The molecule has 0 bridgehead atoms. The zero-order chi connectivity index (χ0) is 18.7. The quantitative estimate of drug-likeness (QED) is 0.787. The molecule has 1 aliphatic carbocycles. The first-order valence-corrected chi connectivity index (χ1v) is 10.0. The van der Waals surface area contributed by atoms with Gasteiger partial charge in [-0.1, -0.05) is 6.07 Å². The first-order valence-electron chi connectivity index (χ1n) is 8.50. The maximum Gasteiger partial charge on any atom is 0.416 e. The van der Waals surface area contributed by atoms with Crippen LogP contribution in [-0.4, -0.2) is 26.3 Å². The lowest BCUT2D eigenvalue weighted by molar-refractivity contribution is -0.137. The van der Waals surface area contributed by atoms with E-state index in [0.29, 0.717) is 18.2 Å². The predicted molar refractivity (Wildman–Crippen MR) is 92.9 cm³/mol. The van der Waals surface area contributed by atoms with Crippen LogP contribution in [0.2, 0.25) is 0 Å². The molecule has 0 radical (unpaired) electrons. The summed E-state index contributed by atoms with van der Waals surface area (Å²) in [5.74, 6) is 0.328. The van der Waals surface area contributed by atoms with E-state index in [2.05, 4.69) is 10.0 Å². The number of hydrogen-bond acceptors (Lipinski definition) is 3. The largest absolute Gasteiger partial charge is 0.416 e. The lowest BCUT2D eigenvalue weighted by atomic mass is 9.86. The summed E-state index contributed by atoms with van der Waals surface area (Å²) in [6.45, 7) is 3.88. The summed E-state index contributed by atoms with van der Waals surface area (Å²) in [7, 11) is -3.26. The molecule has 142 valence electrons. The first kappa shape index (κ1) is 20.0. The molecule has 1 aromatic rings. The second-order valence-corrected chi connectivity index (χ2v) is 9.16. The van der Waals surface area contributed by atoms with E-state index in [1.54, 1.807) is 19.9 Å². The molecule has 2 rings (SSSR count). The molecule has 0 aliphatic heterocycles. The summed E-state index contributed by atoms with van der Waals surface area (Å²) in [5.41, 5.74) is -0.207. The van der Waals surface area contributed by atoms with Crippen LogP contribution in [0.15, 0.2) is 24.3 Å². The van der Waals surface area contributed by atoms with Gasteiger partial charge in [-0.25, -0.2) is 13.1 Å². The molecule has 2 N–H and O–H groups in total. The Balaban J connectivity index is 1.81. The molecule has 8 heteroatoms.